The van der Waals surface area contributed by atoms with E-state index >= 15 is 0 Å². The summed E-state index contributed by atoms with van der Waals surface area (Å²) >= 11 is 6.49. The van der Waals surface area contributed by atoms with Crippen molar-refractivity contribution in [2.45, 2.75) is 32.4 Å². The first kappa shape index (κ1) is 17.1. The van der Waals surface area contributed by atoms with Gasteiger partial charge in [-0.05, 0) is 35.9 Å². The van der Waals surface area contributed by atoms with Gasteiger partial charge in [-0.15, -0.1) is 0 Å². The molecule has 2 heterocycles. The van der Waals surface area contributed by atoms with Gasteiger partial charge in [0.1, 0.15) is 6.73 Å². The lowest BCUT2D eigenvalue weighted by molar-refractivity contribution is 0.0817. The molecule has 126 valence electrons. The van der Waals surface area contributed by atoms with Crippen molar-refractivity contribution in [1.82, 2.24) is 14.8 Å². The fourth-order valence-electron chi connectivity index (χ4n) is 2.49. The number of pyridine rings is 1. The van der Waals surface area contributed by atoms with Gasteiger partial charge >= 0.3 is 0 Å². The van der Waals surface area contributed by atoms with Crippen LogP contribution in [0, 0.1) is 0 Å². The zero-order valence-electron chi connectivity index (χ0n) is 14.3. The number of nitrogens with zero attached hydrogens (tertiary/aromatic N) is 3. The molecule has 0 aliphatic heterocycles. The maximum absolute atomic E-state index is 6.49. The second-order valence-corrected chi connectivity index (χ2v) is 13.1. The van der Waals surface area contributed by atoms with E-state index in [-0.39, 0.29) is 0 Å². The minimum atomic E-state index is -1.07. The molecule has 0 saturated heterocycles. The Balaban J connectivity index is 1.79. The van der Waals surface area contributed by atoms with Crippen molar-refractivity contribution in [3.05, 3.63) is 47.9 Å². The van der Waals surface area contributed by atoms with Crippen molar-refractivity contribution in [2.75, 3.05) is 6.61 Å². The quantitative estimate of drug-likeness (QED) is 0.456. The molecule has 0 radical (unpaired) electrons. The summed E-state index contributed by atoms with van der Waals surface area (Å²) in [5.41, 5.74) is 3.03. The van der Waals surface area contributed by atoms with Crippen LogP contribution in [0.3, 0.4) is 0 Å². The van der Waals surface area contributed by atoms with Crippen LogP contribution in [-0.4, -0.2) is 29.4 Å². The predicted molar refractivity (Wildman–Crippen MR) is 102 cm³/mol. The molecular weight excluding hydrogens is 338 g/mol. The topological polar surface area (TPSA) is 39.9 Å². The average Bonchev–Trinajstić information content (AvgIpc) is 2.93. The molecule has 0 amide bonds. The summed E-state index contributed by atoms with van der Waals surface area (Å²) in [5, 5.41) is 6.20. The van der Waals surface area contributed by atoms with Crippen molar-refractivity contribution in [1.29, 1.82) is 0 Å². The van der Waals surface area contributed by atoms with Crippen LogP contribution in [0.1, 0.15) is 0 Å². The molecule has 3 rings (SSSR count). The number of fused-ring (bicyclic) bond motifs is 1. The second-order valence-electron chi connectivity index (χ2n) is 7.12. The number of hydrogen-bond acceptors (Lipinski definition) is 3. The Kier molecular flexibility index (Phi) is 5.03. The minimum Gasteiger partial charge on any atom is -0.360 e. The van der Waals surface area contributed by atoms with Crippen molar-refractivity contribution < 1.29 is 4.74 Å². The number of halogens is 1. The number of benzene rings is 1. The summed E-state index contributed by atoms with van der Waals surface area (Å²) in [6.45, 7) is 8.28. The fourth-order valence-corrected chi connectivity index (χ4v) is 3.51. The van der Waals surface area contributed by atoms with Crippen molar-refractivity contribution in [3.63, 3.8) is 0 Å². The van der Waals surface area contributed by atoms with Crippen LogP contribution in [0.25, 0.3) is 22.0 Å². The van der Waals surface area contributed by atoms with Gasteiger partial charge in [0.15, 0.2) is 0 Å². The van der Waals surface area contributed by atoms with Crippen LogP contribution in [0.2, 0.25) is 30.7 Å². The van der Waals surface area contributed by atoms with Crippen LogP contribution in [0.4, 0.5) is 0 Å². The molecule has 0 spiro atoms. The number of rotatable bonds is 6. The molecule has 0 bridgehead atoms. The summed E-state index contributed by atoms with van der Waals surface area (Å²) in [6, 6.07) is 9.09. The number of aromatic nitrogens is 3. The molecular formula is C18H22ClN3OSi. The van der Waals surface area contributed by atoms with E-state index in [1.54, 1.807) is 12.4 Å². The summed E-state index contributed by atoms with van der Waals surface area (Å²) in [4.78, 5) is 4.05. The second kappa shape index (κ2) is 7.05. The maximum Gasteiger partial charge on any atom is 0.139 e. The van der Waals surface area contributed by atoms with Crippen LogP contribution < -0.4 is 0 Å². The third-order valence-electron chi connectivity index (χ3n) is 3.93. The fraction of sp³-hybridized carbons (Fsp3) is 0.333. The highest BCUT2D eigenvalue weighted by Crippen LogP contribution is 2.31. The summed E-state index contributed by atoms with van der Waals surface area (Å²) < 4.78 is 7.66. The summed E-state index contributed by atoms with van der Waals surface area (Å²) in [6.07, 6.45) is 5.40. The zero-order chi connectivity index (χ0) is 17.2. The van der Waals surface area contributed by atoms with Crippen LogP contribution in [0.5, 0.6) is 0 Å². The van der Waals surface area contributed by atoms with Gasteiger partial charge in [0.25, 0.3) is 0 Å². The van der Waals surface area contributed by atoms with Crippen LogP contribution >= 0.6 is 11.6 Å². The molecule has 4 nitrogen and oxygen atoms in total. The predicted octanol–water partition coefficient (Wildman–Crippen LogP) is 5.06. The molecule has 1 aromatic carbocycles. The SMILES string of the molecule is C[Si](C)(C)CCOCn1ncc2cc(-c3ccncc3)c(Cl)cc21. The molecule has 6 heteroatoms. The van der Waals surface area contributed by atoms with Crippen LogP contribution in [0.15, 0.2) is 42.9 Å². The van der Waals surface area contributed by atoms with Crippen molar-refractivity contribution in [2.24, 2.45) is 0 Å². The molecule has 24 heavy (non-hydrogen) atoms. The number of hydrogen-bond donors (Lipinski definition) is 0. The first-order valence-corrected chi connectivity index (χ1v) is 12.2. The molecule has 0 atom stereocenters. The van der Waals surface area contributed by atoms with Gasteiger partial charge in [-0.1, -0.05) is 31.2 Å². The Labute approximate surface area is 148 Å². The lowest BCUT2D eigenvalue weighted by atomic mass is 10.1. The highest BCUT2D eigenvalue weighted by Gasteiger charge is 2.13. The average molecular weight is 360 g/mol. The smallest absolute Gasteiger partial charge is 0.139 e. The van der Waals surface area contributed by atoms with Gasteiger partial charge in [0.2, 0.25) is 0 Å². The van der Waals surface area contributed by atoms with Gasteiger partial charge < -0.3 is 4.74 Å². The Morgan fingerprint density at radius 1 is 1.17 bits per heavy atom. The van der Waals surface area contributed by atoms with Gasteiger partial charge in [-0.2, -0.15) is 5.10 Å². The molecule has 0 saturated carbocycles. The summed E-state index contributed by atoms with van der Waals surface area (Å²) in [7, 11) is -1.07. The lowest BCUT2D eigenvalue weighted by Gasteiger charge is -2.15. The standard InChI is InChI=1S/C18H22ClN3OSi/c1-24(2,3)9-8-23-13-22-18-11-17(19)16(10-15(18)12-21-22)14-4-6-20-7-5-14/h4-7,10-12H,8-9,13H2,1-3H3. The first-order chi connectivity index (χ1) is 11.4. The maximum atomic E-state index is 6.49. The highest BCUT2D eigenvalue weighted by atomic mass is 35.5. The zero-order valence-corrected chi connectivity index (χ0v) is 16.0. The van der Waals surface area contributed by atoms with E-state index in [1.807, 2.05) is 29.1 Å². The summed E-state index contributed by atoms with van der Waals surface area (Å²) in [5.74, 6) is 0. The Hall–Kier alpha value is -1.69. The molecule has 0 N–H and O–H groups in total. The lowest BCUT2D eigenvalue weighted by Crippen LogP contribution is -2.22. The third kappa shape index (κ3) is 4.04. The van der Waals surface area contributed by atoms with Gasteiger partial charge in [0.05, 0.1) is 16.7 Å². The Morgan fingerprint density at radius 3 is 2.62 bits per heavy atom. The largest absolute Gasteiger partial charge is 0.360 e. The van der Waals surface area contributed by atoms with Crippen molar-refractivity contribution >= 4 is 30.6 Å². The van der Waals surface area contributed by atoms with E-state index in [0.29, 0.717) is 11.8 Å². The minimum absolute atomic E-state index is 0.457. The van der Waals surface area contributed by atoms with E-state index in [1.165, 1.54) is 0 Å². The van der Waals surface area contributed by atoms with Gasteiger partial charge in [-0.25, -0.2) is 4.68 Å². The first-order valence-electron chi connectivity index (χ1n) is 8.07. The van der Waals surface area contributed by atoms with Gasteiger partial charge in [0, 0.05) is 38.0 Å². The third-order valence-corrected chi connectivity index (χ3v) is 5.95. The van der Waals surface area contributed by atoms with E-state index in [9.17, 15) is 0 Å². The van der Waals surface area contributed by atoms with Crippen molar-refractivity contribution in [3.8, 4) is 11.1 Å². The normalized spacial score (nSPS) is 12.0. The van der Waals surface area contributed by atoms with Gasteiger partial charge in [-0.3, -0.25) is 4.98 Å². The van der Waals surface area contributed by atoms with E-state index in [4.69, 9.17) is 16.3 Å². The Morgan fingerprint density at radius 2 is 1.92 bits per heavy atom. The molecule has 3 aromatic rings. The molecule has 2 aromatic heterocycles. The van der Waals surface area contributed by atoms with E-state index in [2.05, 4.69) is 35.8 Å². The van der Waals surface area contributed by atoms with E-state index in [0.717, 1.165) is 34.7 Å². The van der Waals surface area contributed by atoms with E-state index < -0.39 is 8.07 Å². The molecule has 0 fully saturated rings. The molecule has 0 unspecified atom stereocenters. The number of ether oxygens (including phenoxy) is 1. The van der Waals surface area contributed by atoms with Crippen LogP contribution in [-0.2, 0) is 11.5 Å². The monoisotopic (exact) mass is 359 g/mol. The molecule has 0 aliphatic carbocycles. The Bertz CT molecular complexity index is 827. The molecule has 0 aliphatic rings. The highest BCUT2D eigenvalue weighted by molar-refractivity contribution is 6.76.